The molecule has 1 aliphatic carbocycles. The second-order valence-electron chi connectivity index (χ2n) is 9.80. The number of aromatic amines is 1. The number of nitrogens with two attached hydrogens (primary N) is 1. The van der Waals surface area contributed by atoms with Crippen LogP contribution in [-0.2, 0) is 6.42 Å². The van der Waals surface area contributed by atoms with Crippen LogP contribution in [0.5, 0.6) is 11.5 Å². The first-order valence-corrected chi connectivity index (χ1v) is 13.3. The number of nitrogens with zero attached hydrogens (tertiary/aromatic N) is 3. The first-order chi connectivity index (χ1) is 19.0. The maximum Gasteiger partial charge on any atom is 0.350 e. The summed E-state index contributed by atoms with van der Waals surface area (Å²) in [6, 6.07) is 5.61. The molecule has 0 bridgehead atoms. The van der Waals surface area contributed by atoms with Crippen molar-refractivity contribution in [3.63, 3.8) is 0 Å². The van der Waals surface area contributed by atoms with Gasteiger partial charge in [-0.25, -0.2) is 9.78 Å². The monoisotopic (exact) mass is 534 g/mol. The fraction of sp³-hybridized carbons (Fsp3) is 0.423. The van der Waals surface area contributed by atoms with Gasteiger partial charge in [-0.3, -0.25) is 14.8 Å². The molecule has 5 rings (SSSR count). The summed E-state index contributed by atoms with van der Waals surface area (Å²) in [5, 5.41) is 19.6. The SMILES string of the molecule is N=C(N)NCCCNC1CCC(n2cc3c(nc2=O)Nc2cc(C(=O)NCCc4c[nH]cn4)ccc2O3)CC1. The summed E-state index contributed by atoms with van der Waals surface area (Å²) >= 11 is 0. The number of rotatable bonds is 10. The second-order valence-corrected chi connectivity index (χ2v) is 9.80. The van der Waals surface area contributed by atoms with E-state index in [0.717, 1.165) is 44.3 Å². The first kappa shape index (κ1) is 26.2. The molecule has 1 saturated carbocycles. The van der Waals surface area contributed by atoms with Gasteiger partial charge >= 0.3 is 5.69 Å². The standard InChI is InChI=1S/C26H34N10O3/c27-25(28)32-10-1-9-30-17-3-5-19(6-4-17)36-14-22-23(35-26(36)38)34-20-12-16(2-7-21(20)39-22)24(37)31-11-8-18-13-29-15-33-18/h2,7,12-15,17,19,30H,1,3-6,8-11H2,(H,29,33)(H,31,37)(H4,27,28,32)(H,34,35,38). The number of fused-ring (bicyclic) bond motifs is 2. The van der Waals surface area contributed by atoms with Gasteiger partial charge in [0.15, 0.2) is 23.3 Å². The lowest BCUT2D eigenvalue weighted by molar-refractivity contribution is 0.0954. The van der Waals surface area contributed by atoms with Crippen LogP contribution in [0.3, 0.4) is 0 Å². The normalized spacial score (nSPS) is 17.7. The lowest BCUT2D eigenvalue weighted by Gasteiger charge is -2.31. The summed E-state index contributed by atoms with van der Waals surface area (Å²) in [4.78, 5) is 36.8. The zero-order valence-electron chi connectivity index (χ0n) is 21.6. The number of aromatic nitrogens is 4. The van der Waals surface area contributed by atoms with E-state index in [4.69, 9.17) is 15.9 Å². The van der Waals surface area contributed by atoms with Crippen LogP contribution in [0.2, 0.25) is 0 Å². The number of carbonyl (C=O) groups is 1. The fourth-order valence-corrected chi connectivity index (χ4v) is 4.99. The molecule has 0 unspecified atom stereocenters. The van der Waals surface area contributed by atoms with Crippen molar-refractivity contribution in [1.82, 2.24) is 35.5 Å². The number of H-pyrrole nitrogens is 1. The number of carbonyl (C=O) groups excluding carboxylic acids is 1. The maximum atomic E-state index is 12.9. The zero-order valence-corrected chi connectivity index (χ0v) is 21.6. The third kappa shape index (κ3) is 6.55. The van der Waals surface area contributed by atoms with Crippen molar-refractivity contribution in [2.75, 3.05) is 25.0 Å². The average Bonchev–Trinajstić information content (AvgIpc) is 3.45. The van der Waals surface area contributed by atoms with E-state index in [1.54, 1.807) is 41.5 Å². The molecule has 0 atom stereocenters. The number of imidazole rings is 1. The predicted octanol–water partition coefficient (Wildman–Crippen LogP) is 1.73. The van der Waals surface area contributed by atoms with Gasteiger partial charge in [-0.1, -0.05) is 0 Å². The summed E-state index contributed by atoms with van der Waals surface area (Å²) in [5.74, 6) is 1.18. The van der Waals surface area contributed by atoms with Gasteiger partial charge in [-0.2, -0.15) is 4.98 Å². The smallest absolute Gasteiger partial charge is 0.350 e. The first-order valence-electron chi connectivity index (χ1n) is 13.3. The molecule has 13 nitrogen and oxygen atoms in total. The van der Waals surface area contributed by atoms with Crippen LogP contribution < -0.4 is 37.4 Å². The van der Waals surface area contributed by atoms with E-state index in [1.807, 2.05) is 0 Å². The Hall–Kier alpha value is -4.39. The largest absolute Gasteiger partial charge is 0.450 e. The van der Waals surface area contributed by atoms with E-state index >= 15 is 0 Å². The molecule has 3 heterocycles. The van der Waals surface area contributed by atoms with E-state index in [1.165, 1.54) is 0 Å². The Morgan fingerprint density at radius 1 is 1.15 bits per heavy atom. The zero-order chi connectivity index (χ0) is 27.2. The number of guanidine groups is 1. The van der Waals surface area contributed by atoms with Crippen LogP contribution in [0.15, 0.2) is 41.7 Å². The van der Waals surface area contributed by atoms with Gasteiger partial charge in [-0.05, 0) is 56.8 Å². The predicted molar refractivity (Wildman–Crippen MR) is 147 cm³/mol. The third-order valence-corrected chi connectivity index (χ3v) is 7.05. The molecule has 1 fully saturated rings. The molecule has 1 aliphatic heterocycles. The number of benzene rings is 1. The Morgan fingerprint density at radius 2 is 2.00 bits per heavy atom. The van der Waals surface area contributed by atoms with Gasteiger partial charge in [-0.15, -0.1) is 0 Å². The minimum absolute atomic E-state index is 0.00706. The van der Waals surface area contributed by atoms with E-state index in [9.17, 15) is 9.59 Å². The summed E-state index contributed by atoms with van der Waals surface area (Å²) in [7, 11) is 0. The molecule has 3 aromatic rings. The van der Waals surface area contributed by atoms with Crippen LogP contribution in [0, 0.1) is 5.41 Å². The molecule has 13 heteroatoms. The number of hydrogen-bond acceptors (Lipinski definition) is 8. The number of amides is 1. The second kappa shape index (κ2) is 12.0. The number of hydrogen-bond donors (Lipinski definition) is 7. The summed E-state index contributed by atoms with van der Waals surface area (Å²) in [5.41, 5.74) is 6.91. The molecule has 39 heavy (non-hydrogen) atoms. The molecule has 1 aromatic carbocycles. The van der Waals surface area contributed by atoms with Gasteiger partial charge in [0.05, 0.1) is 23.9 Å². The lowest BCUT2D eigenvalue weighted by Crippen LogP contribution is -2.38. The Bertz CT molecular complexity index is 1360. The lowest BCUT2D eigenvalue weighted by atomic mass is 9.91. The van der Waals surface area contributed by atoms with Gasteiger partial charge in [0, 0.05) is 43.4 Å². The third-order valence-electron chi connectivity index (χ3n) is 7.05. The van der Waals surface area contributed by atoms with Crippen molar-refractivity contribution in [1.29, 1.82) is 5.41 Å². The Kier molecular flexibility index (Phi) is 8.06. The van der Waals surface area contributed by atoms with Gasteiger partial charge < -0.3 is 36.7 Å². The molecular formula is C26H34N10O3. The van der Waals surface area contributed by atoms with Crippen molar-refractivity contribution >= 4 is 23.4 Å². The van der Waals surface area contributed by atoms with Crippen molar-refractivity contribution < 1.29 is 9.53 Å². The highest BCUT2D eigenvalue weighted by atomic mass is 16.5. The molecular weight excluding hydrogens is 500 g/mol. The van der Waals surface area contributed by atoms with Crippen molar-refractivity contribution in [2.45, 2.75) is 50.6 Å². The molecule has 0 saturated heterocycles. The van der Waals surface area contributed by atoms with E-state index in [0.29, 0.717) is 54.1 Å². The van der Waals surface area contributed by atoms with Crippen molar-refractivity contribution in [2.24, 2.45) is 5.73 Å². The average molecular weight is 535 g/mol. The molecule has 2 aliphatic rings. The Labute approximate surface area is 225 Å². The van der Waals surface area contributed by atoms with Crippen molar-refractivity contribution in [3.05, 3.63) is 58.7 Å². The van der Waals surface area contributed by atoms with E-state index < -0.39 is 0 Å². The van der Waals surface area contributed by atoms with Crippen molar-refractivity contribution in [3.8, 4) is 11.5 Å². The highest BCUT2D eigenvalue weighted by Gasteiger charge is 2.26. The van der Waals surface area contributed by atoms with Gasteiger partial charge in [0.1, 0.15) is 0 Å². The molecule has 2 aromatic heterocycles. The highest BCUT2D eigenvalue weighted by Crippen LogP contribution is 2.41. The van der Waals surface area contributed by atoms with E-state index in [2.05, 4.69) is 36.2 Å². The van der Waals surface area contributed by atoms with Crippen LogP contribution in [0.25, 0.3) is 0 Å². The van der Waals surface area contributed by atoms with Gasteiger partial charge in [0.25, 0.3) is 5.91 Å². The maximum absolute atomic E-state index is 12.9. The van der Waals surface area contributed by atoms with Crippen LogP contribution >= 0.6 is 0 Å². The molecule has 206 valence electrons. The van der Waals surface area contributed by atoms with Crippen LogP contribution in [-0.4, -0.2) is 57.1 Å². The molecule has 0 radical (unpaired) electrons. The summed E-state index contributed by atoms with van der Waals surface area (Å²) in [6.07, 6.45) is 10.3. The number of ether oxygens (including phenoxy) is 1. The number of anilines is 2. The topological polar surface area (TPSA) is 188 Å². The molecule has 0 spiro atoms. The summed E-state index contributed by atoms with van der Waals surface area (Å²) in [6.45, 7) is 1.99. The Morgan fingerprint density at radius 3 is 2.77 bits per heavy atom. The molecule has 8 N–H and O–H groups in total. The Balaban J connectivity index is 1.16. The fourth-order valence-electron chi connectivity index (χ4n) is 4.99. The van der Waals surface area contributed by atoms with Crippen LogP contribution in [0.1, 0.15) is 54.2 Å². The quantitative estimate of drug-likeness (QED) is 0.0903. The minimum atomic E-state index is -0.327. The van der Waals surface area contributed by atoms with E-state index in [-0.39, 0.29) is 23.6 Å². The number of nitrogens with one attached hydrogen (secondary N) is 6. The van der Waals surface area contributed by atoms with Gasteiger partial charge in [0.2, 0.25) is 0 Å². The molecule has 1 amide bonds. The summed E-state index contributed by atoms with van der Waals surface area (Å²) < 4.78 is 7.75. The van der Waals surface area contributed by atoms with Crippen LogP contribution in [0.4, 0.5) is 11.5 Å². The minimum Gasteiger partial charge on any atom is -0.450 e. The highest BCUT2D eigenvalue weighted by molar-refractivity contribution is 5.96.